The summed E-state index contributed by atoms with van der Waals surface area (Å²) in [5.41, 5.74) is 1.23. The highest BCUT2D eigenvalue weighted by molar-refractivity contribution is 5.28. The average Bonchev–Trinajstić information content (AvgIpc) is 2.36. The van der Waals surface area contributed by atoms with Gasteiger partial charge in [0.2, 0.25) is 0 Å². The van der Waals surface area contributed by atoms with E-state index in [9.17, 15) is 0 Å². The molecule has 96 valence electrons. The number of hydrogen-bond acceptors (Lipinski definition) is 3. The van der Waals surface area contributed by atoms with Crippen LogP contribution in [0.4, 0.5) is 0 Å². The van der Waals surface area contributed by atoms with Crippen molar-refractivity contribution in [2.75, 3.05) is 26.8 Å². The highest BCUT2D eigenvalue weighted by Crippen LogP contribution is 2.14. The minimum atomic E-state index is 0.216. The lowest BCUT2D eigenvalue weighted by atomic mass is 10.2. The smallest absolute Gasteiger partial charge is 0.119 e. The second-order valence-electron chi connectivity index (χ2n) is 4.20. The molecule has 0 spiro atoms. The van der Waals surface area contributed by atoms with E-state index in [4.69, 9.17) is 9.84 Å². The van der Waals surface area contributed by atoms with Gasteiger partial charge in [-0.3, -0.25) is 4.90 Å². The van der Waals surface area contributed by atoms with Gasteiger partial charge in [-0.05, 0) is 30.7 Å². The molecule has 0 radical (unpaired) electrons. The third kappa shape index (κ3) is 5.20. The summed E-state index contributed by atoms with van der Waals surface area (Å²) in [6, 6.07) is 8.10. The predicted molar refractivity (Wildman–Crippen MR) is 70.3 cm³/mol. The molecule has 0 unspecified atom stereocenters. The van der Waals surface area contributed by atoms with E-state index in [1.807, 2.05) is 12.1 Å². The Morgan fingerprint density at radius 2 is 2.12 bits per heavy atom. The molecule has 0 aliphatic rings. The average molecular weight is 237 g/mol. The van der Waals surface area contributed by atoms with Crippen LogP contribution in [0, 0.1) is 0 Å². The first kappa shape index (κ1) is 14.0. The number of hydrogen-bond donors (Lipinski definition) is 1. The Bertz CT molecular complexity index is 315. The third-order valence-electron chi connectivity index (χ3n) is 2.78. The van der Waals surface area contributed by atoms with E-state index < -0.39 is 0 Å². The van der Waals surface area contributed by atoms with E-state index in [2.05, 4.69) is 24.0 Å². The number of methoxy groups -OCH3 is 1. The van der Waals surface area contributed by atoms with Crippen LogP contribution in [-0.4, -0.2) is 36.8 Å². The molecule has 0 aromatic heterocycles. The zero-order valence-electron chi connectivity index (χ0n) is 10.9. The zero-order chi connectivity index (χ0) is 12.5. The summed E-state index contributed by atoms with van der Waals surface area (Å²) in [5, 5.41) is 9.05. The SMILES string of the molecule is CCCCN(CCO)Cc1cccc(OC)c1. The Balaban J connectivity index is 2.57. The molecule has 0 fully saturated rings. The van der Waals surface area contributed by atoms with Gasteiger partial charge in [-0.25, -0.2) is 0 Å². The van der Waals surface area contributed by atoms with Crippen molar-refractivity contribution in [1.82, 2.24) is 4.90 Å². The van der Waals surface area contributed by atoms with Gasteiger partial charge in [-0.15, -0.1) is 0 Å². The second kappa shape index (κ2) is 8.09. The maximum Gasteiger partial charge on any atom is 0.119 e. The Hall–Kier alpha value is -1.06. The molecule has 0 aliphatic heterocycles. The van der Waals surface area contributed by atoms with Crippen LogP contribution in [0.25, 0.3) is 0 Å². The van der Waals surface area contributed by atoms with Crippen LogP contribution in [0.5, 0.6) is 5.75 Å². The summed E-state index contributed by atoms with van der Waals surface area (Å²) < 4.78 is 5.21. The topological polar surface area (TPSA) is 32.7 Å². The molecule has 1 N–H and O–H groups in total. The van der Waals surface area contributed by atoms with Crippen LogP contribution in [0.1, 0.15) is 25.3 Å². The summed E-state index contributed by atoms with van der Waals surface area (Å²) in [6.07, 6.45) is 2.35. The van der Waals surface area contributed by atoms with E-state index >= 15 is 0 Å². The highest BCUT2D eigenvalue weighted by Gasteiger charge is 2.05. The molecule has 0 bridgehead atoms. The third-order valence-corrected chi connectivity index (χ3v) is 2.78. The minimum Gasteiger partial charge on any atom is -0.497 e. The normalized spacial score (nSPS) is 10.8. The molecule has 3 heteroatoms. The summed E-state index contributed by atoms with van der Waals surface area (Å²) in [6.45, 7) is 5.04. The summed E-state index contributed by atoms with van der Waals surface area (Å²) in [5.74, 6) is 0.891. The van der Waals surface area contributed by atoms with Gasteiger partial charge in [0.25, 0.3) is 0 Å². The van der Waals surface area contributed by atoms with Crippen molar-refractivity contribution < 1.29 is 9.84 Å². The monoisotopic (exact) mass is 237 g/mol. The number of aliphatic hydroxyl groups is 1. The standard InChI is InChI=1S/C14H23NO2/c1-3-4-8-15(9-10-16)12-13-6-5-7-14(11-13)17-2/h5-7,11,16H,3-4,8-10,12H2,1-2H3. The van der Waals surface area contributed by atoms with E-state index in [1.165, 1.54) is 18.4 Å². The number of nitrogens with zero attached hydrogens (tertiary/aromatic N) is 1. The van der Waals surface area contributed by atoms with Crippen molar-refractivity contribution >= 4 is 0 Å². The Labute approximate surface area is 104 Å². The summed E-state index contributed by atoms with van der Waals surface area (Å²) >= 11 is 0. The number of unbranched alkanes of at least 4 members (excludes halogenated alkanes) is 1. The van der Waals surface area contributed by atoms with E-state index in [-0.39, 0.29) is 6.61 Å². The molecule has 1 aromatic rings. The minimum absolute atomic E-state index is 0.216. The lowest BCUT2D eigenvalue weighted by Gasteiger charge is -2.21. The van der Waals surface area contributed by atoms with Gasteiger partial charge < -0.3 is 9.84 Å². The van der Waals surface area contributed by atoms with Crippen molar-refractivity contribution in [3.05, 3.63) is 29.8 Å². The lowest BCUT2D eigenvalue weighted by Crippen LogP contribution is -2.27. The molecule has 0 amide bonds. The van der Waals surface area contributed by atoms with Crippen molar-refractivity contribution in [1.29, 1.82) is 0 Å². The van der Waals surface area contributed by atoms with Crippen LogP contribution in [0.2, 0.25) is 0 Å². The molecule has 3 nitrogen and oxygen atoms in total. The first-order chi connectivity index (χ1) is 8.30. The lowest BCUT2D eigenvalue weighted by molar-refractivity contribution is 0.188. The van der Waals surface area contributed by atoms with Crippen LogP contribution >= 0.6 is 0 Å². The molecule has 17 heavy (non-hydrogen) atoms. The van der Waals surface area contributed by atoms with Gasteiger partial charge in [0.05, 0.1) is 13.7 Å². The maximum atomic E-state index is 9.05. The molecule has 0 saturated heterocycles. The van der Waals surface area contributed by atoms with E-state index in [0.717, 1.165) is 25.4 Å². The van der Waals surface area contributed by atoms with Gasteiger partial charge in [-0.2, -0.15) is 0 Å². The van der Waals surface area contributed by atoms with Crippen LogP contribution in [0.15, 0.2) is 24.3 Å². The van der Waals surface area contributed by atoms with Crippen LogP contribution in [0.3, 0.4) is 0 Å². The van der Waals surface area contributed by atoms with Gasteiger partial charge in [-0.1, -0.05) is 25.5 Å². The molecule has 0 atom stereocenters. The van der Waals surface area contributed by atoms with Crippen LogP contribution < -0.4 is 4.74 Å². The van der Waals surface area contributed by atoms with E-state index in [0.29, 0.717) is 0 Å². The maximum absolute atomic E-state index is 9.05. The van der Waals surface area contributed by atoms with Gasteiger partial charge >= 0.3 is 0 Å². The zero-order valence-corrected chi connectivity index (χ0v) is 10.9. The van der Waals surface area contributed by atoms with Crippen LogP contribution in [-0.2, 0) is 6.54 Å². The summed E-state index contributed by atoms with van der Waals surface area (Å²) in [7, 11) is 1.68. The Morgan fingerprint density at radius 1 is 1.29 bits per heavy atom. The number of aliphatic hydroxyl groups excluding tert-OH is 1. The Kier molecular flexibility index (Phi) is 6.67. The Morgan fingerprint density at radius 3 is 2.76 bits per heavy atom. The highest BCUT2D eigenvalue weighted by atomic mass is 16.5. The fourth-order valence-electron chi connectivity index (χ4n) is 1.82. The summed E-state index contributed by atoms with van der Waals surface area (Å²) in [4.78, 5) is 2.28. The number of benzene rings is 1. The molecular weight excluding hydrogens is 214 g/mol. The van der Waals surface area contributed by atoms with Gasteiger partial charge in [0, 0.05) is 13.1 Å². The number of rotatable bonds is 8. The quantitative estimate of drug-likeness (QED) is 0.753. The molecule has 1 rings (SSSR count). The van der Waals surface area contributed by atoms with Gasteiger partial charge in [0.15, 0.2) is 0 Å². The fourth-order valence-corrected chi connectivity index (χ4v) is 1.82. The molecule has 0 saturated carbocycles. The number of ether oxygens (including phenoxy) is 1. The molecule has 0 aliphatic carbocycles. The first-order valence-electron chi connectivity index (χ1n) is 6.26. The van der Waals surface area contributed by atoms with Crippen molar-refractivity contribution in [3.8, 4) is 5.75 Å². The molecular formula is C14H23NO2. The molecule has 1 aromatic carbocycles. The molecule has 0 heterocycles. The van der Waals surface area contributed by atoms with Crippen molar-refractivity contribution in [2.45, 2.75) is 26.3 Å². The second-order valence-corrected chi connectivity index (χ2v) is 4.20. The first-order valence-corrected chi connectivity index (χ1v) is 6.26. The van der Waals surface area contributed by atoms with Crippen molar-refractivity contribution in [2.24, 2.45) is 0 Å². The van der Waals surface area contributed by atoms with Gasteiger partial charge in [0.1, 0.15) is 5.75 Å². The fraction of sp³-hybridized carbons (Fsp3) is 0.571. The van der Waals surface area contributed by atoms with Crippen molar-refractivity contribution in [3.63, 3.8) is 0 Å². The van der Waals surface area contributed by atoms with E-state index in [1.54, 1.807) is 7.11 Å². The predicted octanol–water partition coefficient (Wildman–Crippen LogP) is 2.29. The largest absolute Gasteiger partial charge is 0.497 e.